The molecule has 7 heteroatoms. The van der Waals surface area contributed by atoms with Crippen LogP contribution in [0.5, 0.6) is 0 Å². The van der Waals surface area contributed by atoms with Gasteiger partial charge in [0.25, 0.3) is 0 Å². The van der Waals surface area contributed by atoms with E-state index in [2.05, 4.69) is 31.1 Å². The summed E-state index contributed by atoms with van der Waals surface area (Å²) < 4.78 is 4.35. The zero-order valence-electron chi connectivity index (χ0n) is 11.5. The molecule has 2 aromatic heterocycles. The summed E-state index contributed by atoms with van der Waals surface area (Å²) in [5, 5.41) is 1.04. The molecule has 1 fully saturated rings. The van der Waals surface area contributed by atoms with E-state index in [1.807, 2.05) is 18.3 Å². The molecule has 1 aliphatic heterocycles. The molecule has 0 atom stereocenters. The quantitative estimate of drug-likeness (QED) is 0.921. The number of aryl methyl sites for hydroxylation is 1. The molecule has 0 bridgehead atoms. The maximum atomic E-state index is 5.62. The number of rotatable bonds is 3. The molecular weight excluding hydrogens is 272 g/mol. The normalized spacial score (nSPS) is 15.7. The fourth-order valence-corrected chi connectivity index (χ4v) is 3.06. The van der Waals surface area contributed by atoms with Crippen molar-refractivity contribution in [3.63, 3.8) is 0 Å². The van der Waals surface area contributed by atoms with Gasteiger partial charge in [0.1, 0.15) is 11.6 Å². The lowest BCUT2D eigenvalue weighted by molar-refractivity contribution is 0.650. The second kappa shape index (κ2) is 5.62. The van der Waals surface area contributed by atoms with Crippen LogP contribution in [0.2, 0.25) is 0 Å². The van der Waals surface area contributed by atoms with E-state index in [1.54, 1.807) is 0 Å². The third kappa shape index (κ3) is 2.67. The summed E-state index contributed by atoms with van der Waals surface area (Å²) in [5.74, 6) is 1.50. The summed E-state index contributed by atoms with van der Waals surface area (Å²) in [7, 11) is 0. The highest BCUT2D eigenvalue weighted by atomic mass is 32.1. The first-order chi connectivity index (χ1) is 9.76. The van der Waals surface area contributed by atoms with E-state index >= 15 is 0 Å². The number of hydrogen-bond donors (Lipinski definition) is 1. The van der Waals surface area contributed by atoms with E-state index in [1.165, 1.54) is 11.5 Å². The molecule has 0 amide bonds. The van der Waals surface area contributed by atoms with Crippen LogP contribution in [0.4, 0.5) is 16.6 Å². The fourth-order valence-electron chi connectivity index (χ4n) is 2.26. The maximum Gasteiger partial charge on any atom is 0.205 e. The second-order valence-electron chi connectivity index (χ2n) is 4.76. The fraction of sp³-hybridized carbons (Fsp3) is 0.462. The number of nitrogen functional groups attached to an aromatic ring is 1. The van der Waals surface area contributed by atoms with Crippen molar-refractivity contribution in [2.45, 2.75) is 13.3 Å². The van der Waals surface area contributed by atoms with Crippen molar-refractivity contribution in [2.75, 3.05) is 41.7 Å². The molecule has 1 aliphatic rings. The Labute approximate surface area is 122 Å². The Morgan fingerprint density at radius 3 is 2.55 bits per heavy atom. The van der Waals surface area contributed by atoms with Crippen molar-refractivity contribution < 1.29 is 0 Å². The lowest BCUT2D eigenvalue weighted by Crippen LogP contribution is -2.46. The molecule has 6 nitrogen and oxygen atoms in total. The Kier molecular flexibility index (Phi) is 3.68. The highest BCUT2D eigenvalue weighted by molar-refractivity contribution is 7.09. The predicted molar refractivity (Wildman–Crippen MR) is 82.4 cm³/mol. The van der Waals surface area contributed by atoms with E-state index in [0.717, 1.165) is 49.2 Å². The van der Waals surface area contributed by atoms with Crippen LogP contribution >= 0.6 is 11.5 Å². The third-order valence-corrected chi connectivity index (χ3v) is 4.27. The largest absolute Gasteiger partial charge is 0.384 e. The van der Waals surface area contributed by atoms with Crippen LogP contribution in [0.25, 0.3) is 0 Å². The van der Waals surface area contributed by atoms with Crippen LogP contribution in [0.1, 0.15) is 12.7 Å². The molecule has 0 saturated carbocycles. The maximum absolute atomic E-state index is 5.62. The van der Waals surface area contributed by atoms with Gasteiger partial charge >= 0.3 is 0 Å². The Balaban J connectivity index is 1.63. The summed E-state index contributed by atoms with van der Waals surface area (Å²) in [6, 6.07) is 3.87. The number of hydrogen-bond acceptors (Lipinski definition) is 7. The third-order valence-electron chi connectivity index (χ3n) is 3.46. The lowest BCUT2D eigenvalue weighted by Gasteiger charge is -2.35. The van der Waals surface area contributed by atoms with Gasteiger partial charge in [-0.05, 0) is 12.1 Å². The number of anilines is 3. The number of pyridine rings is 1. The Bertz CT molecular complexity index is 558. The van der Waals surface area contributed by atoms with Gasteiger partial charge in [-0.1, -0.05) is 6.92 Å². The smallest absolute Gasteiger partial charge is 0.205 e. The average molecular weight is 290 g/mol. The van der Waals surface area contributed by atoms with Gasteiger partial charge in [-0.15, -0.1) is 0 Å². The number of nitrogens with zero attached hydrogens (tertiary/aromatic N) is 5. The molecule has 0 aliphatic carbocycles. The molecule has 106 valence electrons. The second-order valence-corrected chi connectivity index (χ2v) is 5.49. The average Bonchev–Trinajstić information content (AvgIpc) is 2.97. The lowest BCUT2D eigenvalue weighted by atomic mass is 10.3. The van der Waals surface area contributed by atoms with Crippen molar-refractivity contribution in [2.24, 2.45) is 0 Å². The van der Waals surface area contributed by atoms with Gasteiger partial charge in [-0.3, -0.25) is 0 Å². The summed E-state index contributed by atoms with van der Waals surface area (Å²) >= 11 is 1.50. The molecular formula is C13H18N6S. The molecule has 3 heterocycles. The minimum atomic E-state index is 0.563. The zero-order chi connectivity index (χ0) is 13.9. The zero-order valence-corrected chi connectivity index (χ0v) is 12.3. The van der Waals surface area contributed by atoms with E-state index < -0.39 is 0 Å². The number of nitrogens with two attached hydrogens (primary N) is 1. The summed E-state index contributed by atoms with van der Waals surface area (Å²) in [6.07, 6.45) is 2.73. The Hall–Kier alpha value is -1.89. The van der Waals surface area contributed by atoms with Crippen molar-refractivity contribution in [1.82, 2.24) is 14.3 Å². The van der Waals surface area contributed by atoms with Gasteiger partial charge in [0.2, 0.25) is 5.13 Å². The van der Waals surface area contributed by atoms with Gasteiger partial charge in [-0.2, -0.15) is 4.37 Å². The van der Waals surface area contributed by atoms with Crippen LogP contribution < -0.4 is 15.5 Å². The standard InChI is InChI=1S/C13H18N6S/c1-2-12-16-13(20-17-12)19-7-5-18(6-8-19)10-3-4-11(14)15-9-10/h3-4,9H,2,5-8H2,1H3,(H2,14,15). The van der Waals surface area contributed by atoms with E-state index in [4.69, 9.17) is 5.73 Å². The van der Waals surface area contributed by atoms with Gasteiger partial charge in [0.15, 0.2) is 0 Å². The van der Waals surface area contributed by atoms with Gasteiger partial charge in [0.05, 0.1) is 11.9 Å². The Morgan fingerprint density at radius 1 is 1.20 bits per heavy atom. The van der Waals surface area contributed by atoms with Crippen LogP contribution in [0.15, 0.2) is 18.3 Å². The first-order valence-electron chi connectivity index (χ1n) is 6.80. The summed E-state index contributed by atoms with van der Waals surface area (Å²) in [6.45, 7) is 5.93. The van der Waals surface area contributed by atoms with Crippen molar-refractivity contribution in [3.05, 3.63) is 24.2 Å². The van der Waals surface area contributed by atoms with E-state index in [9.17, 15) is 0 Å². The molecule has 0 radical (unpaired) electrons. The van der Waals surface area contributed by atoms with Crippen LogP contribution in [-0.2, 0) is 6.42 Å². The van der Waals surface area contributed by atoms with Gasteiger partial charge in [-0.25, -0.2) is 9.97 Å². The highest BCUT2D eigenvalue weighted by Gasteiger charge is 2.20. The highest BCUT2D eigenvalue weighted by Crippen LogP contribution is 2.22. The molecule has 0 spiro atoms. The predicted octanol–water partition coefficient (Wildman–Crippen LogP) is 1.40. The minimum absolute atomic E-state index is 0.563. The number of piperazine rings is 1. The van der Waals surface area contributed by atoms with E-state index in [-0.39, 0.29) is 0 Å². The monoisotopic (exact) mass is 290 g/mol. The van der Waals surface area contributed by atoms with Gasteiger partial charge < -0.3 is 15.5 Å². The molecule has 0 aromatic carbocycles. The van der Waals surface area contributed by atoms with Crippen molar-refractivity contribution in [3.8, 4) is 0 Å². The van der Waals surface area contributed by atoms with Gasteiger partial charge in [0, 0.05) is 44.1 Å². The summed E-state index contributed by atoms with van der Waals surface area (Å²) in [5.41, 5.74) is 6.75. The van der Waals surface area contributed by atoms with Crippen LogP contribution in [0, 0.1) is 0 Å². The first kappa shape index (κ1) is 13.1. The molecule has 0 unspecified atom stereocenters. The number of aromatic nitrogens is 3. The minimum Gasteiger partial charge on any atom is -0.384 e. The first-order valence-corrected chi connectivity index (χ1v) is 7.57. The van der Waals surface area contributed by atoms with Crippen molar-refractivity contribution >= 4 is 28.2 Å². The molecule has 20 heavy (non-hydrogen) atoms. The molecule has 1 saturated heterocycles. The van der Waals surface area contributed by atoms with Crippen molar-refractivity contribution in [1.29, 1.82) is 0 Å². The Morgan fingerprint density at radius 2 is 1.95 bits per heavy atom. The summed E-state index contributed by atoms with van der Waals surface area (Å²) in [4.78, 5) is 13.3. The van der Waals surface area contributed by atoms with E-state index in [0.29, 0.717) is 5.82 Å². The van der Waals surface area contributed by atoms with Crippen LogP contribution in [0.3, 0.4) is 0 Å². The molecule has 2 N–H and O–H groups in total. The van der Waals surface area contributed by atoms with Crippen LogP contribution in [-0.4, -0.2) is 40.5 Å². The molecule has 3 rings (SSSR count). The molecule has 2 aromatic rings. The SMILES string of the molecule is CCc1nsc(N2CCN(c3ccc(N)nc3)CC2)n1. The topological polar surface area (TPSA) is 71.2 Å².